The summed E-state index contributed by atoms with van der Waals surface area (Å²) < 4.78 is 11.3. The summed E-state index contributed by atoms with van der Waals surface area (Å²) in [5.41, 5.74) is 3.32. The first kappa shape index (κ1) is 23.3. The molecule has 0 radical (unpaired) electrons. The zero-order valence-corrected chi connectivity index (χ0v) is 19.5. The Kier molecular flexibility index (Phi) is 7.40. The molecule has 1 aromatic heterocycles. The molecule has 34 heavy (non-hydrogen) atoms. The summed E-state index contributed by atoms with van der Waals surface area (Å²) in [5, 5.41) is 4.70. The third kappa shape index (κ3) is 5.71. The van der Waals surface area contributed by atoms with Crippen molar-refractivity contribution >= 4 is 17.5 Å². The fraction of sp³-hybridized carbons (Fsp3) is 0.148. The fourth-order valence-electron chi connectivity index (χ4n) is 3.44. The number of hydrogen-bond donors (Lipinski definition) is 0. The summed E-state index contributed by atoms with van der Waals surface area (Å²) >= 11 is 6.20. The molecule has 1 amide bonds. The lowest BCUT2D eigenvalue weighted by molar-refractivity contribution is 0.0745. The number of aromatic nitrogens is 2. The number of benzene rings is 3. The first-order valence-corrected chi connectivity index (χ1v) is 11.2. The summed E-state index contributed by atoms with van der Waals surface area (Å²) in [7, 11) is 0. The summed E-state index contributed by atoms with van der Waals surface area (Å²) in [6.45, 7) is 6.56. The lowest BCUT2D eigenvalue weighted by Gasteiger charge is -2.19. The molecule has 172 valence electrons. The minimum absolute atomic E-state index is 0.161. The number of hydrogen-bond acceptors (Lipinski definition) is 5. The van der Waals surface area contributed by atoms with E-state index in [2.05, 4.69) is 16.7 Å². The van der Waals surface area contributed by atoms with Crippen LogP contribution < -0.4 is 4.74 Å². The van der Waals surface area contributed by atoms with Crippen molar-refractivity contribution in [2.45, 2.75) is 20.1 Å². The van der Waals surface area contributed by atoms with Gasteiger partial charge in [-0.3, -0.25) is 4.79 Å². The molecule has 0 saturated heterocycles. The van der Waals surface area contributed by atoms with Crippen LogP contribution in [0.4, 0.5) is 0 Å². The van der Waals surface area contributed by atoms with E-state index in [1.165, 1.54) is 0 Å². The summed E-state index contributed by atoms with van der Waals surface area (Å²) in [6.07, 6.45) is 1.66. The molecule has 4 rings (SSSR count). The smallest absolute Gasteiger partial charge is 0.254 e. The van der Waals surface area contributed by atoms with Gasteiger partial charge in [0, 0.05) is 28.3 Å². The molecular weight excluding hydrogens is 450 g/mol. The van der Waals surface area contributed by atoms with Crippen molar-refractivity contribution in [2.24, 2.45) is 0 Å². The Morgan fingerprint density at radius 3 is 2.74 bits per heavy atom. The summed E-state index contributed by atoms with van der Waals surface area (Å²) in [4.78, 5) is 19.3. The van der Waals surface area contributed by atoms with Crippen molar-refractivity contribution in [1.29, 1.82) is 0 Å². The van der Waals surface area contributed by atoms with Gasteiger partial charge in [-0.05, 0) is 37.3 Å². The van der Waals surface area contributed by atoms with Gasteiger partial charge in [0.25, 0.3) is 5.91 Å². The van der Waals surface area contributed by atoms with Crippen LogP contribution in [-0.2, 0) is 13.2 Å². The van der Waals surface area contributed by atoms with Gasteiger partial charge < -0.3 is 14.2 Å². The normalized spacial score (nSPS) is 10.6. The van der Waals surface area contributed by atoms with Crippen molar-refractivity contribution in [3.05, 3.63) is 113 Å². The van der Waals surface area contributed by atoms with Gasteiger partial charge in [0.15, 0.2) is 0 Å². The van der Waals surface area contributed by atoms with E-state index in [1.807, 2.05) is 55.5 Å². The molecule has 0 fully saturated rings. The average Bonchev–Trinajstić information content (AvgIpc) is 3.32. The van der Waals surface area contributed by atoms with Gasteiger partial charge in [-0.15, -0.1) is 6.58 Å². The minimum Gasteiger partial charge on any atom is -0.489 e. The monoisotopic (exact) mass is 473 g/mol. The van der Waals surface area contributed by atoms with Crippen LogP contribution in [0, 0.1) is 6.92 Å². The Balaban J connectivity index is 1.47. The van der Waals surface area contributed by atoms with Gasteiger partial charge in [-0.25, -0.2) is 0 Å². The number of nitrogens with zero attached hydrogens (tertiary/aromatic N) is 3. The molecule has 0 unspecified atom stereocenters. The second kappa shape index (κ2) is 10.8. The SMILES string of the molecule is C=CCN(Cc1nc(-c2cccc(C)c2)no1)C(=O)c1cccc(OCc2ccccc2Cl)c1. The van der Waals surface area contributed by atoms with Crippen molar-refractivity contribution in [3.8, 4) is 17.1 Å². The number of ether oxygens (including phenoxy) is 1. The number of halogens is 1. The minimum atomic E-state index is -0.196. The molecule has 0 spiro atoms. The zero-order valence-electron chi connectivity index (χ0n) is 18.8. The van der Waals surface area contributed by atoms with E-state index in [0.29, 0.717) is 41.2 Å². The fourth-order valence-corrected chi connectivity index (χ4v) is 3.63. The molecule has 0 bridgehead atoms. The summed E-state index contributed by atoms with van der Waals surface area (Å²) in [6, 6.07) is 22.4. The van der Waals surface area contributed by atoms with Crippen LogP contribution in [0.3, 0.4) is 0 Å². The van der Waals surface area contributed by atoms with Gasteiger partial charge in [0.05, 0.1) is 0 Å². The predicted octanol–water partition coefficient (Wildman–Crippen LogP) is 6.11. The van der Waals surface area contributed by atoms with Crippen LogP contribution in [0.5, 0.6) is 5.75 Å². The van der Waals surface area contributed by atoms with E-state index in [1.54, 1.807) is 35.2 Å². The maximum Gasteiger partial charge on any atom is 0.254 e. The Hall–Kier alpha value is -3.90. The Labute approximate surface area is 203 Å². The Morgan fingerprint density at radius 1 is 1.12 bits per heavy atom. The van der Waals surface area contributed by atoms with Crippen LogP contribution in [-0.4, -0.2) is 27.5 Å². The molecular formula is C27H24ClN3O3. The highest BCUT2D eigenvalue weighted by atomic mass is 35.5. The first-order chi connectivity index (χ1) is 16.5. The lowest BCUT2D eigenvalue weighted by atomic mass is 10.1. The van der Waals surface area contributed by atoms with Crippen molar-refractivity contribution < 1.29 is 14.1 Å². The largest absolute Gasteiger partial charge is 0.489 e. The van der Waals surface area contributed by atoms with Crippen molar-refractivity contribution in [2.75, 3.05) is 6.54 Å². The molecule has 4 aromatic rings. The van der Waals surface area contributed by atoms with Crippen LogP contribution in [0.1, 0.15) is 27.4 Å². The van der Waals surface area contributed by atoms with Crippen molar-refractivity contribution in [1.82, 2.24) is 15.0 Å². The molecule has 0 saturated carbocycles. The number of carbonyl (C=O) groups excluding carboxylic acids is 1. The number of aryl methyl sites for hydroxylation is 1. The zero-order chi connectivity index (χ0) is 23.9. The van der Waals surface area contributed by atoms with Crippen LogP contribution >= 0.6 is 11.6 Å². The van der Waals surface area contributed by atoms with E-state index >= 15 is 0 Å². The highest BCUT2D eigenvalue weighted by molar-refractivity contribution is 6.31. The Morgan fingerprint density at radius 2 is 1.94 bits per heavy atom. The molecule has 0 N–H and O–H groups in total. The number of carbonyl (C=O) groups is 1. The quantitative estimate of drug-likeness (QED) is 0.274. The van der Waals surface area contributed by atoms with Crippen LogP contribution in [0.15, 0.2) is 90.0 Å². The predicted molar refractivity (Wildman–Crippen MR) is 132 cm³/mol. The van der Waals surface area contributed by atoms with Crippen molar-refractivity contribution in [3.63, 3.8) is 0 Å². The molecule has 3 aromatic carbocycles. The van der Waals surface area contributed by atoms with E-state index in [9.17, 15) is 4.79 Å². The van der Waals surface area contributed by atoms with Gasteiger partial charge in [0.1, 0.15) is 18.9 Å². The molecule has 0 aliphatic carbocycles. The van der Waals surface area contributed by atoms with E-state index < -0.39 is 0 Å². The van der Waals surface area contributed by atoms with E-state index in [4.69, 9.17) is 20.9 Å². The highest BCUT2D eigenvalue weighted by Gasteiger charge is 2.19. The molecule has 0 atom stereocenters. The summed E-state index contributed by atoms with van der Waals surface area (Å²) in [5.74, 6) is 1.21. The standard InChI is InChI=1S/C27H24ClN3O3/c1-3-14-31(17-25-29-26(30-34-25)20-10-6-8-19(2)15-20)27(32)21-11-7-12-23(16-21)33-18-22-9-4-5-13-24(22)28/h3-13,15-16H,1,14,17-18H2,2H3. The number of amides is 1. The molecule has 6 nitrogen and oxygen atoms in total. The van der Waals surface area contributed by atoms with E-state index in [0.717, 1.165) is 16.7 Å². The third-order valence-electron chi connectivity index (χ3n) is 5.14. The second-order valence-corrected chi connectivity index (χ2v) is 8.17. The van der Waals surface area contributed by atoms with Crippen LogP contribution in [0.25, 0.3) is 11.4 Å². The third-order valence-corrected chi connectivity index (χ3v) is 5.51. The van der Waals surface area contributed by atoms with Crippen LogP contribution in [0.2, 0.25) is 5.02 Å². The Bertz CT molecular complexity index is 1300. The lowest BCUT2D eigenvalue weighted by Crippen LogP contribution is -2.30. The molecule has 7 heteroatoms. The first-order valence-electron chi connectivity index (χ1n) is 10.8. The van der Waals surface area contributed by atoms with E-state index in [-0.39, 0.29) is 12.5 Å². The maximum absolute atomic E-state index is 13.3. The molecule has 0 aliphatic rings. The second-order valence-electron chi connectivity index (χ2n) is 7.76. The molecule has 1 heterocycles. The van der Waals surface area contributed by atoms with Gasteiger partial charge in [-0.2, -0.15) is 4.98 Å². The molecule has 0 aliphatic heterocycles. The maximum atomic E-state index is 13.3. The van der Waals surface area contributed by atoms with Gasteiger partial charge >= 0.3 is 0 Å². The van der Waals surface area contributed by atoms with Gasteiger partial charge in [-0.1, -0.05) is 70.9 Å². The average molecular weight is 474 g/mol. The highest BCUT2D eigenvalue weighted by Crippen LogP contribution is 2.21. The topological polar surface area (TPSA) is 68.5 Å². The number of rotatable bonds is 9. The van der Waals surface area contributed by atoms with Gasteiger partial charge in [0.2, 0.25) is 11.7 Å².